The van der Waals surface area contributed by atoms with Crippen LogP contribution in [0.15, 0.2) is 11.7 Å². The maximum atomic E-state index is 5.85. The quantitative estimate of drug-likeness (QED) is 0.791. The predicted molar refractivity (Wildman–Crippen MR) is 62.3 cm³/mol. The Balaban J connectivity index is 1.83. The monoisotopic (exact) mass is 236 g/mol. The molecule has 1 unspecified atom stereocenters. The second kappa shape index (κ2) is 3.84. The van der Waals surface area contributed by atoms with Crippen LogP contribution in [0.2, 0.25) is 0 Å². The average Bonchev–Trinajstić information content (AvgIpc) is 2.97. The van der Waals surface area contributed by atoms with Gasteiger partial charge in [0.2, 0.25) is 5.95 Å². The molecule has 0 aliphatic carbocycles. The molecule has 16 heavy (non-hydrogen) atoms. The third-order valence-electron chi connectivity index (χ3n) is 2.65. The Morgan fingerprint density at radius 1 is 1.56 bits per heavy atom. The van der Waals surface area contributed by atoms with E-state index in [4.69, 9.17) is 5.73 Å². The fourth-order valence-corrected chi connectivity index (χ4v) is 2.37. The Kier molecular flexibility index (Phi) is 2.33. The summed E-state index contributed by atoms with van der Waals surface area (Å²) in [5, 5.41) is 7.13. The Morgan fingerprint density at radius 3 is 3.19 bits per heavy atom. The predicted octanol–water partition coefficient (Wildman–Crippen LogP) is 0.466. The standard InChI is InChI=1S/C9H12N6S/c10-6-1-2-15(4-6)9-12-8(13-14-9)7-3-11-5-16-7/h3,5-6H,1-2,4,10H2,(H,12,13,14). The number of nitrogens with zero attached hydrogens (tertiary/aromatic N) is 4. The highest BCUT2D eigenvalue weighted by molar-refractivity contribution is 7.13. The molecule has 1 saturated heterocycles. The van der Waals surface area contributed by atoms with E-state index in [0.717, 1.165) is 36.2 Å². The van der Waals surface area contributed by atoms with Gasteiger partial charge in [0, 0.05) is 25.3 Å². The van der Waals surface area contributed by atoms with Crippen molar-refractivity contribution in [3.8, 4) is 10.7 Å². The minimum atomic E-state index is 0.241. The van der Waals surface area contributed by atoms with E-state index in [-0.39, 0.29) is 6.04 Å². The van der Waals surface area contributed by atoms with E-state index >= 15 is 0 Å². The number of aromatic amines is 1. The minimum Gasteiger partial charge on any atom is -0.338 e. The van der Waals surface area contributed by atoms with E-state index in [1.807, 2.05) is 0 Å². The molecule has 3 N–H and O–H groups in total. The van der Waals surface area contributed by atoms with Crippen molar-refractivity contribution in [2.24, 2.45) is 5.73 Å². The zero-order chi connectivity index (χ0) is 11.0. The van der Waals surface area contributed by atoms with E-state index in [0.29, 0.717) is 0 Å². The third kappa shape index (κ3) is 1.68. The van der Waals surface area contributed by atoms with Gasteiger partial charge < -0.3 is 10.6 Å². The van der Waals surface area contributed by atoms with Crippen molar-refractivity contribution in [3.63, 3.8) is 0 Å². The molecule has 84 valence electrons. The van der Waals surface area contributed by atoms with Crippen molar-refractivity contribution in [2.75, 3.05) is 18.0 Å². The van der Waals surface area contributed by atoms with Crippen LogP contribution in [0.3, 0.4) is 0 Å². The first-order valence-corrected chi connectivity index (χ1v) is 6.02. The molecule has 6 nitrogen and oxygen atoms in total. The molecule has 2 aromatic heterocycles. The van der Waals surface area contributed by atoms with Crippen LogP contribution in [-0.2, 0) is 0 Å². The number of H-pyrrole nitrogens is 1. The average molecular weight is 236 g/mol. The second-order valence-electron chi connectivity index (χ2n) is 3.84. The van der Waals surface area contributed by atoms with Gasteiger partial charge in [0.1, 0.15) is 0 Å². The molecule has 2 aromatic rings. The maximum absolute atomic E-state index is 5.85. The van der Waals surface area contributed by atoms with Crippen molar-refractivity contribution in [1.82, 2.24) is 20.2 Å². The van der Waals surface area contributed by atoms with Crippen molar-refractivity contribution in [3.05, 3.63) is 11.7 Å². The number of hydrogen-bond donors (Lipinski definition) is 2. The zero-order valence-electron chi connectivity index (χ0n) is 8.63. The molecule has 7 heteroatoms. The van der Waals surface area contributed by atoms with Crippen LogP contribution < -0.4 is 10.6 Å². The van der Waals surface area contributed by atoms with Gasteiger partial charge in [-0.25, -0.2) is 0 Å². The summed E-state index contributed by atoms with van der Waals surface area (Å²) < 4.78 is 0. The van der Waals surface area contributed by atoms with Crippen LogP contribution in [0.1, 0.15) is 6.42 Å². The molecule has 1 aliphatic heterocycles. The zero-order valence-corrected chi connectivity index (χ0v) is 9.44. The van der Waals surface area contributed by atoms with Crippen LogP contribution in [0.4, 0.5) is 5.95 Å². The van der Waals surface area contributed by atoms with E-state index in [2.05, 4.69) is 25.1 Å². The number of aromatic nitrogens is 4. The summed E-state index contributed by atoms with van der Waals surface area (Å²) in [6.07, 6.45) is 2.79. The molecule has 1 aliphatic rings. The Bertz CT molecular complexity index is 464. The molecule has 0 spiro atoms. The first-order chi connectivity index (χ1) is 7.83. The Hall–Kier alpha value is -1.47. The SMILES string of the molecule is NC1CCN(c2n[nH]c(-c3cncs3)n2)C1. The summed E-state index contributed by atoms with van der Waals surface area (Å²) >= 11 is 1.54. The normalized spacial score (nSPS) is 20.6. The van der Waals surface area contributed by atoms with E-state index in [1.165, 1.54) is 0 Å². The summed E-state index contributed by atoms with van der Waals surface area (Å²) in [5.41, 5.74) is 7.63. The summed E-state index contributed by atoms with van der Waals surface area (Å²) in [6.45, 7) is 1.77. The van der Waals surface area contributed by atoms with Gasteiger partial charge in [-0.05, 0) is 6.42 Å². The molecule has 1 fully saturated rings. The summed E-state index contributed by atoms with van der Waals surface area (Å²) in [5.74, 6) is 1.51. The number of nitrogens with two attached hydrogens (primary N) is 1. The van der Waals surface area contributed by atoms with Crippen LogP contribution >= 0.6 is 11.3 Å². The van der Waals surface area contributed by atoms with Crippen LogP contribution in [0.25, 0.3) is 10.7 Å². The smallest absolute Gasteiger partial charge is 0.245 e. The Morgan fingerprint density at radius 2 is 2.50 bits per heavy atom. The van der Waals surface area contributed by atoms with Gasteiger partial charge in [0.15, 0.2) is 5.82 Å². The molecular formula is C9H12N6S. The molecular weight excluding hydrogens is 224 g/mol. The molecule has 3 rings (SSSR count). The number of hydrogen-bond acceptors (Lipinski definition) is 6. The molecule has 0 bridgehead atoms. The maximum Gasteiger partial charge on any atom is 0.245 e. The number of rotatable bonds is 2. The molecule has 3 heterocycles. The highest BCUT2D eigenvalue weighted by atomic mass is 32.1. The lowest BCUT2D eigenvalue weighted by molar-refractivity contribution is 0.750. The fraction of sp³-hybridized carbons (Fsp3) is 0.444. The number of nitrogens with one attached hydrogen (secondary N) is 1. The highest BCUT2D eigenvalue weighted by Crippen LogP contribution is 2.22. The number of anilines is 1. The number of thiazole rings is 1. The van der Waals surface area contributed by atoms with Gasteiger partial charge in [-0.2, -0.15) is 4.98 Å². The third-order valence-corrected chi connectivity index (χ3v) is 3.43. The minimum absolute atomic E-state index is 0.241. The summed E-state index contributed by atoms with van der Waals surface area (Å²) in [4.78, 5) is 11.6. The van der Waals surface area contributed by atoms with Crippen molar-refractivity contribution < 1.29 is 0 Å². The molecule has 0 saturated carbocycles. The van der Waals surface area contributed by atoms with Crippen LogP contribution in [0, 0.1) is 0 Å². The van der Waals surface area contributed by atoms with Gasteiger partial charge >= 0.3 is 0 Å². The van der Waals surface area contributed by atoms with Gasteiger partial charge in [-0.3, -0.25) is 10.1 Å². The van der Waals surface area contributed by atoms with Gasteiger partial charge in [0.25, 0.3) is 0 Å². The van der Waals surface area contributed by atoms with E-state index < -0.39 is 0 Å². The lowest BCUT2D eigenvalue weighted by Crippen LogP contribution is -2.26. The lowest BCUT2D eigenvalue weighted by atomic mass is 10.3. The summed E-state index contributed by atoms with van der Waals surface area (Å²) in [6, 6.07) is 0.241. The highest BCUT2D eigenvalue weighted by Gasteiger charge is 2.22. The van der Waals surface area contributed by atoms with E-state index in [1.54, 1.807) is 23.0 Å². The molecule has 0 radical (unpaired) electrons. The van der Waals surface area contributed by atoms with Crippen molar-refractivity contribution in [2.45, 2.75) is 12.5 Å². The topological polar surface area (TPSA) is 83.7 Å². The van der Waals surface area contributed by atoms with Crippen molar-refractivity contribution in [1.29, 1.82) is 0 Å². The molecule has 0 aromatic carbocycles. The fourth-order valence-electron chi connectivity index (χ4n) is 1.81. The lowest BCUT2D eigenvalue weighted by Gasteiger charge is -2.11. The van der Waals surface area contributed by atoms with Crippen molar-refractivity contribution >= 4 is 17.3 Å². The second-order valence-corrected chi connectivity index (χ2v) is 4.73. The van der Waals surface area contributed by atoms with Gasteiger partial charge in [-0.1, -0.05) is 0 Å². The first-order valence-electron chi connectivity index (χ1n) is 5.15. The van der Waals surface area contributed by atoms with Crippen LogP contribution in [-0.4, -0.2) is 39.3 Å². The van der Waals surface area contributed by atoms with E-state index in [9.17, 15) is 0 Å². The Labute approximate surface area is 96.5 Å². The largest absolute Gasteiger partial charge is 0.338 e. The summed E-state index contributed by atoms with van der Waals surface area (Å²) in [7, 11) is 0. The van der Waals surface area contributed by atoms with Gasteiger partial charge in [-0.15, -0.1) is 16.4 Å². The van der Waals surface area contributed by atoms with Gasteiger partial charge in [0.05, 0.1) is 10.4 Å². The molecule has 0 amide bonds. The first kappa shape index (κ1) is 9.73. The molecule has 1 atom stereocenters. The van der Waals surface area contributed by atoms with Crippen LogP contribution in [0.5, 0.6) is 0 Å².